The number of ether oxygens (including phenoxy) is 1. The second-order valence-corrected chi connectivity index (χ2v) is 10.1. The summed E-state index contributed by atoms with van der Waals surface area (Å²) >= 11 is 7.07. The fourth-order valence-corrected chi connectivity index (χ4v) is 5.09. The number of halogens is 1. The molecule has 0 amide bonds. The summed E-state index contributed by atoms with van der Waals surface area (Å²) in [5.41, 5.74) is 2.31. The predicted octanol–water partition coefficient (Wildman–Crippen LogP) is 5.48. The van der Waals surface area contributed by atoms with Gasteiger partial charge in [-0.25, -0.2) is 9.97 Å². The average Bonchev–Trinajstić information content (AvgIpc) is 3.36. The Balaban J connectivity index is 1.53. The number of anilines is 1. The second kappa shape index (κ2) is 9.70. The van der Waals surface area contributed by atoms with Crippen LogP contribution in [0.25, 0.3) is 10.9 Å². The molecule has 39 heavy (non-hydrogen) atoms. The number of rotatable bonds is 6. The van der Waals surface area contributed by atoms with Gasteiger partial charge in [0.2, 0.25) is 0 Å². The van der Waals surface area contributed by atoms with Gasteiger partial charge in [-0.15, -0.1) is 0 Å². The van der Waals surface area contributed by atoms with Gasteiger partial charge in [0.15, 0.2) is 17.2 Å². The largest absolute Gasteiger partial charge is 0.452 e. The van der Waals surface area contributed by atoms with E-state index in [4.69, 9.17) is 26.6 Å². The molecule has 1 aliphatic rings. The van der Waals surface area contributed by atoms with Crippen molar-refractivity contribution in [2.45, 2.75) is 18.9 Å². The fourth-order valence-electron chi connectivity index (χ4n) is 4.82. The molecule has 1 fully saturated rings. The van der Waals surface area contributed by atoms with Gasteiger partial charge >= 0.3 is 0 Å². The van der Waals surface area contributed by atoms with Gasteiger partial charge in [-0.2, -0.15) is 5.26 Å². The lowest BCUT2D eigenvalue weighted by molar-refractivity contribution is 0.117. The number of aromatic nitrogens is 4. The van der Waals surface area contributed by atoms with Crippen LogP contribution in [0, 0.1) is 18.3 Å². The van der Waals surface area contributed by atoms with E-state index in [1.54, 1.807) is 47.6 Å². The van der Waals surface area contributed by atoms with Crippen LogP contribution in [0.3, 0.4) is 0 Å². The number of aliphatic hydroxyl groups is 1. The summed E-state index contributed by atoms with van der Waals surface area (Å²) in [6.45, 7) is 3.62. The number of nitriles is 1. The Kier molecular flexibility index (Phi) is 6.18. The summed E-state index contributed by atoms with van der Waals surface area (Å²) in [6.07, 6.45) is 6.05. The molecule has 0 aliphatic carbocycles. The van der Waals surface area contributed by atoms with Crippen molar-refractivity contribution in [3.63, 3.8) is 0 Å². The molecule has 9 heteroatoms. The first-order valence-corrected chi connectivity index (χ1v) is 13.0. The Labute approximate surface area is 230 Å². The Morgan fingerprint density at radius 2 is 1.82 bits per heavy atom. The van der Waals surface area contributed by atoms with E-state index in [-0.39, 0.29) is 0 Å². The van der Waals surface area contributed by atoms with Crippen molar-refractivity contribution in [2.24, 2.45) is 7.05 Å². The molecular formula is C30H25ClN6O2. The number of fused-ring (bicyclic) bond motifs is 1. The highest BCUT2D eigenvalue weighted by molar-refractivity contribution is 6.37. The number of pyridine rings is 2. The second-order valence-electron chi connectivity index (χ2n) is 9.68. The number of aryl methyl sites for hydroxylation is 2. The van der Waals surface area contributed by atoms with Crippen molar-refractivity contribution in [2.75, 3.05) is 18.0 Å². The van der Waals surface area contributed by atoms with E-state index in [2.05, 4.69) is 20.9 Å². The molecule has 1 atom stereocenters. The molecule has 1 N–H and O–H groups in total. The van der Waals surface area contributed by atoms with Crippen LogP contribution >= 0.6 is 11.6 Å². The van der Waals surface area contributed by atoms with Crippen LogP contribution in [0.1, 0.15) is 34.5 Å². The number of imidazole rings is 1. The highest BCUT2D eigenvalue weighted by atomic mass is 35.5. The maximum absolute atomic E-state index is 12.3. The first-order valence-electron chi connectivity index (χ1n) is 12.6. The Hall–Kier alpha value is -4.45. The fraction of sp³-hybridized carbons (Fsp3) is 0.200. The molecule has 6 rings (SSSR count). The number of nitrogens with zero attached hydrogens (tertiary/aromatic N) is 6. The van der Waals surface area contributed by atoms with E-state index in [0.29, 0.717) is 55.6 Å². The van der Waals surface area contributed by atoms with Gasteiger partial charge in [0.25, 0.3) is 0 Å². The molecule has 1 aliphatic heterocycles. The third-order valence-electron chi connectivity index (χ3n) is 7.16. The van der Waals surface area contributed by atoms with Crippen LogP contribution in [0.2, 0.25) is 5.02 Å². The zero-order valence-corrected chi connectivity index (χ0v) is 22.2. The van der Waals surface area contributed by atoms with E-state index >= 15 is 0 Å². The highest BCUT2D eigenvalue weighted by Crippen LogP contribution is 2.45. The molecule has 1 saturated heterocycles. The lowest BCUT2D eigenvalue weighted by Gasteiger charge is -2.34. The molecule has 1 unspecified atom stereocenters. The van der Waals surface area contributed by atoms with Gasteiger partial charge < -0.3 is 19.3 Å². The lowest BCUT2D eigenvalue weighted by Crippen LogP contribution is -2.38. The smallest absolute Gasteiger partial charge is 0.189 e. The maximum atomic E-state index is 12.3. The average molecular weight is 537 g/mol. The molecule has 2 aromatic carbocycles. The molecule has 0 bridgehead atoms. The van der Waals surface area contributed by atoms with Crippen LogP contribution < -0.4 is 9.64 Å². The van der Waals surface area contributed by atoms with Gasteiger partial charge in [0, 0.05) is 43.0 Å². The molecule has 3 aromatic heterocycles. The zero-order chi connectivity index (χ0) is 27.1. The normalized spacial score (nSPS) is 14.5. The molecule has 4 heterocycles. The summed E-state index contributed by atoms with van der Waals surface area (Å²) < 4.78 is 8.08. The van der Waals surface area contributed by atoms with Crippen molar-refractivity contribution in [3.8, 4) is 17.6 Å². The quantitative estimate of drug-likeness (QED) is 0.306. The van der Waals surface area contributed by atoms with Crippen LogP contribution in [-0.4, -0.2) is 37.7 Å². The van der Waals surface area contributed by atoms with E-state index in [1.165, 1.54) is 0 Å². The van der Waals surface area contributed by atoms with Crippen molar-refractivity contribution < 1.29 is 9.84 Å². The molecular weight excluding hydrogens is 512 g/mol. The Morgan fingerprint density at radius 3 is 2.44 bits per heavy atom. The third-order valence-corrected chi connectivity index (χ3v) is 7.53. The predicted molar refractivity (Wildman–Crippen MR) is 149 cm³/mol. The van der Waals surface area contributed by atoms with Gasteiger partial charge in [-0.3, -0.25) is 4.98 Å². The van der Waals surface area contributed by atoms with Crippen LogP contribution in [0.5, 0.6) is 11.5 Å². The molecule has 0 saturated carbocycles. The van der Waals surface area contributed by atoms with Gasteiger partial charge in [0.05, 0.1) is 40.4 Å². The minimum atomic E-state index is -1.55. The Bertz CT molecular complexity index is 1720. The van der Waals surface area contributed by atoms with E-state index in [0.717, 1.165) is 25.2 Å². The number of hydrogen-bond acceptors (Lipinski definition) is 7. The Morgan fingerprint density at radius 1 is 1.05 bits per heavy atom. The zero-order valence-electron chi connectivity index (χ0n) is 21.5. The summed E-state index contributed by atoms with van der Waals surface area (Å²) in [5.74, 6) is 1.65. The SMILES string of the molecule is Cc1ccc(C(O)(c2ccc3nc(N4CCC4)c(Oc4ccc(C#N)cc4)c(Cl)c3c2)c2cncn2C)cn1. The van der Waals surface area contributed by atoms with Crippen LogP contribution in [-0.2, 0) is 12.6 Å². The van der Waals surface area contributed by atoms with E-state index in [1.807, 2.05) is 44.3 Å². The van der Waals surface area contributed by atoms with Crippen molar-refractivity contribution in [3.05, 3.63) is 106 Å². The highest BCUT2D eigenvalue weighted by Gasteiger charge is 2.37. The summed E-state index contributed by atoms with van der Waals surface area (Å²) in [6, 6.07) is 18.3. The van der Waals surface area contributed by atoms with Crippen molar-refractivity contribution >= 4 is 28.3 Å². The van der Waals surface area contributed by atoms with Gasteiger partial charge in [-0.05, 0) is 61.4 Å². The van der Waals surface area contributed by atoms with Crippen molar-refractivity contribution in [1.29, 1.82) is 5.26 Å². The number of hydrogen-bond donors (Lipinski definition) is 1. The topological polar surface area (TPSA) is 100 Å². The maximum Gasteiger partial charge on any atom is 0.189 e. The summed E-state index contributed by atoms with van der Waals surface area (Å²) in [4.78, 5) is 15.7. The summed E-state index contributed by atoms with van der Waals surface area (Å²) in [5, 5.41) is 22.5. The third kappa shape index (κ3) is 4.26. The minimum absolute atomic E-state index is 0.391. The van der Waals surface area contributed by atoms with Crippen molar-refractivity contribution in [1.82, 2.24) is 19.5 Å². The molecule has 8 nitrogen and oxygen atoms in total. The first-order chi connectivity index (χ1) is 18.9. The number of benzene rings is 2. The molecule has 0 spiro atoms. The monoisotopic (exact) mass is 536 g/mol. The van der Waals surface area contributed by atoms with Crippen LogP contribution in [0.4, 0.5) is 5.82 Å². The molecule has 5 aromatic rings. The molecule has 0 radical (unpaired) electrons. The van der Waals surface area contributed by atoms with Gasteiger partial charge in [0.1, 0.15) is 5.75 Å². The standard InChI is InChI=1S/C30H25ClN6O2/c1-19-4-7-22(16-34-19)30(38,26-17-33-18-36(26)2)21-8-11-25-24(14-21)27(31)28(29(35-25)37-12-3-13-37)39-23-9-5-20(15-32)6-10-23/h4-11,14,16-18,38H,3,12-13H2,1-2H3. The van der Waals surface area contributed by atoms with Gasteiger partial charge in [-0.1, -0.05) is 23.7 Å². The first kappa shape index (κ1) is 24.9. The minimum Gasteiger partial charge on any atom is -0.452 e. The molecule has 194 valence electrons. The van der Waals surface area contributed by atoms with E-state index in [9.17, 15) is 5.11 Å². The van der Waals surface area contributed by atoms with Crippen LogP contribution in [0.15, 0.2) is 73.3 Å². The lowest BCUT2D eigenvalue weighted by atomic mass is 9.83. The summed E-state index contributed by atoms with van der Waals surface area (Å²) in [7, 11) is 1.84. The van der Waals surface area contributed by atoms with E-state index < -0.39 is 5.60 Å².